The zero-order chi connectivity index (χ0) is 15.5. The molecule has 0 saturated carbocycles. The molecular weight excluding hydrogens is 282 g/mol. The van der Waals surface area contributed by atoms with E-state index in [9.17, 15) is 9.59 Å². The van der Waals surface area contributed by atoms with Crippen molar-refractivity contribution >= 4 is 11.9 Å². The molecular formula is C16H21N3O3. The third-order valence-electron chi connectivity index (χ3n) is 4.19. The topological polar surface area (TPSA) is 61.9 Å². The summed E-state index contributed by atoms with van der Waals surface area (Å²) in [6, 6.07) is 9.75. The molecule has 0 bridgehead atoms. The molecule has 0 radical (unpaired) electrons. The van der Waals surface area contributed by atoms with Crippen molar-refractivity contribution in [3.05, 3.63) is 35.9 Å². The highest BCUT2D eigenvalue weighted by Gasteiger charge is 2.44. The van der Waals surface area contributed by atoms with Crippen molar-refractivity contribution in [2.24, 2.45) is 0 Å². The number of fused-ring (bicyclic) bond motifs is 1. The fraction of sp³-hybridized carbons (Fsp3) is 0.500. The van der Waals surface area contributed by atoms with Crippen LogP contribution in [-0.2, 0) is 16.1 Å². The Labute approximate surface area is 130 Å². The second-order valence-corrected chi connectivity index (χ2v) is 5.66. The summed E-state index contributed by atoms with van der Waals surface area (Å²) in [4.78, 5) is 27.8. The highest BCUT2D eigenvalue weighted by molar-refractivity contribution is 5.79. The Balaban J connectivity index is 1.72. The van der Waals surface area contributed by atoms with Gasteiger partial charge in [0.2, 0.25) is 5.91 Å². The van der Waals surface area contributed by atoms with E-state index in [1.165, 1.54) is 0 Å². The van der Waals surface area contributed by atoms with E-state index in [4.69, 9.17) is 4.74 Å². The van der Waals surface area contributed by atoms with Gasteiger partial charge in [0.15, 0.2) is 0 Å². The average Bonchev–Trinajstić information content (AvgIpc) is 2.96. The van der Waals surface area contributed by atoms with Crippen LogP contribution in [0, 0.1) is 0 Å². The van der Waals surface area contributed by atoms with Crippen molar-refractivity contribution < 1.29 is 14.3 Å². The molecule has 2 heterocycles. The summed E-state index contributed by atoms with van der Waals surface area (Å²) >= 11 is 0. The third-order valence-corrected chi connectivity index (χ3v) is 4.19. The van der Waals surface area contributed by atoms with Gasteiger partial charge in [-0.25, -0.2) is 4.79 Å². The van der Waals surface area contributed by atoms with Gasteiger partial charge in [-0.1, -0.05) is 30.3 Å². The van der Waals surface area contributed by atoms with Crippen molar-refractivity contribution in [2.75, 3.05) is 26.2 Å². The lowest BCUT2D eigenvalue weighted by Crippen LogP contribution is -2.53. The minimum Gasteiger partial charge on any atom is -0.364 e. The molecule has 1 aromatic rings. The molecule has 2 aliphatic rings. The largest absolute Gasteiger partial charge is 0.364 e. The number of hydrogen-bond acceptors (Lipinski definition) is 3. The van der Waals surface area contributed by atoms with E-state index in [1.54, 1.807) is 4.90 Å². The van der Waals surface area contributed by atoms with Crippen molar-refractivity contribution in [3.8, 4) is 0 Å². The van der Waals surface area contributed by atoms with E-state index >= 15 is 0 Å². The summed E-state index contributed by atoms with van der Waals surface area (Å²) < 4.78 is 5.63. The van der Waals surface area contributed by atoms with Crippen LogP contribution < -0.4 is 5.32 Å². The van der Waals surface area contributed by atoms with Crippen LogP contribution in [0.5, 0.6) is 0 Å². The van der Waals surface area contributed by atoms with Crippen molar-refractivity contribution in [1.29, 1.82) is 0 Å². The number of likely N-dealkylation sites (tertiary alicyclic amines) is 1. The molecule has 3 rings (SSSR count). The van der Waals surface area contributed by atoms with E-state index in [0.29, 0.717) is 26.2 Å². The van der Waals surface area contributed by atoms with Gasteiger partial charge in [-0.3, -0.25) is 4.79 Å². The predicted molar refractivity (Wildman–Crippen MR) is 81.2 cm³/mol. The van der Waals surface area contributed by atoms with Crippen molar-refractivity contribution in [3.63, 3.8) is 0 Å². The molecule has 2 unspecified atom stereocenters. The lowest BCUT2D eigenvalue weighted by molar-refractivity contribution is -0.153. The molecule has 3 amide bonds. The maximum atomic E-state index is 12.2. The number of morpholine rings is 1. The summed E-state index contributed by atoms with van der Waals surface area (Å²) in [6.07, 6.45) is -0.0935. The number of urea groups is 1. The molecule has 2 atom stereocenters. The highest BCUT2D eigenvalue weighted by Crippen LogP contribution is 2.25. The first-order chi connectivity index (χ1) is 10.7. The normalized spacial score (nSPS) is 24.3. The van der Waals surface area contributed by atoms with Crippen LogP contribution in [0.4, 0.5) is 4.79 Å². The summed E-state index contributed by atoms with van der Waals surface area (Å²) in [5, 5.41) is 2.80. The maximum Gasteiger partial charge on any atom is 0.317 e. The molecule has 2 saturated heterocycles. The van der Waals surface area contributed by atoms with Gasteiger partial charge in [-0.2, -0.15) is 0 Å². The van der Waals surface area contributed by atoms with Crippen LogP contribution in [-0.4, -0.2) is 60.1 Å². The van der Waals surface area contributed by atoms with Crippen LogP contribution >= 0.6 is 0 Å². The molecule has 6 heteroatoms. The Bertz CT molecular complexity index is 549. The highest BCUT2D eigenvalue weighted by atomic mass is 16.5. The van der Waals surface area contributed by atoms with Gasteiger partial charge in [0.25, 0.3) is 0 Å². The SMILES string of the molecule is CCNC(=O)N1CC2OCC(=O)N(Cc3ccccc3)C2C1. The first kappa shape index (κ1) is 14.8. The number of hydrogen-bond donors (Lipinski definition) is 1. The van der Waals surface area contributed by atoms with Gasteiger partial charge in [0.1, 0.15) is 6.61 Å². The number of nitrogens with one attached hydrogen (secondary N) is 1. The Morgan fingerprint density at radius 2 is 2.09 bits per heavy atom. The summed E-state index contributed by atoms with van der Waals surface area (Å²) in [6.45, 7) is 4.20. The van der Waals surface area contributed by atoms with Crippen molar-refractivity contribution in [1.82, 2.24) is 15.1 Å². The zero-order valence-electron chi connectivity index (χ0n) is 12.7. The van der Waals surface area contributed by atoms with Crippen LogP contribution in [0.15, 0.2) is 30.3 Å². The smallest absolute Gasteiger partial charge is 0.317 e. The minimum atomic E-state index is -0.0935. The number of benzene rings is 1. The third kappa shape index (κ3) is 2.92. The van der Waals surface area contributed by atoms with Gasteiger partial charge in [0.05, 0.1) is 18.7 Å². The number of ether oxygens (including phenoxy) is 1. The molecule has 2 aliphatic heterocycles. The van der Waals surface area contributed by atoms with Gasteiger partial charge in [-0.15, -0.1) is 0 Å². The minimum absolute atomic E-state index is 0.0112. The summed E-state index contributed by atoms with van der Waals surface area (Å²) in [7, 11) is 0. The van der Waals surface area contributed by atoms with E-state index in [1.807, 2.05) is 42.2 Å². The fourth-order valence-electron chi connectivity index (χ4n) is 3.08. The number of rotatable bonds is 3. The number of carbonyl (C=O) groups excluding carboxylic acids is 2. The number of nitrogens with zero attached hydrogens (tertiary/aromatic N) is 2. The zero-order valence-corrected chi connectivity index (χ0v) is 12.7. The summed E-state index contributed by atoms with van der Waals surface area (Å²) in [5.74, 6) is -0.0112. The van der Waals surface area contributed by atoms with Crippen LogP contribution in [0.2, 0.25) is 0 Å². The molecule has 2 fully saturated rings. The lowest BCUT2D eigenvalue weighted by atomic mass is 10.1. The predicted octanol–water partition coefficient (Wildman–Crippen LogP) is 0.828. The van der Waals surface area contributed by atoms with Gasteiger partial charge in [0, 0.05) is 19.6 Å². The monoisotopic (exact) mass is 303 g/mol. The maximum absolute atomic E-state index is 12.2. The van der Waals surface area contributed by atoms with Gasteiger partial charge in [-0.05, 0) is 12.5 Å². The Morgan fingerprint density at radius 3 is 2.82 bits per heavy atom. The van der Waals surface area contributed by atoms with E-state index in [2.05, 4.69) is 5.32 Å². The second kappa shape index (κ2) is 6.36. The number of amides is 3. The van der Waals surface area contributed by atoms with Gasteiger partial charge < -0.3 is 19.9 Å². The Kier molecular flexibility index (Phi) is 4.29. The first-order valence-corrected chi connectivity index (χ1v) is 7.67. The van der Waals surface area contributed by atoms with E-state index in [-0.39, 0.29) is 30.7 Å². The lowest BCUT2D eigenvalue weighted by Gasteiger charge is -2.36. The van der Waals surface area contributed by atoms with Crippen molar-refractivity contribution in [2.45, 2.75) is 25.6 Å². The van der Waals surface area contributed by atoms with Crippen LogP contribution in [0.3, 0.4) is 0 Å². The van der Waals surface area contributed by atoms with Crippen LogP contribution in [0.25, 0.3) is 0 Å². The average molecular weight is 303 g/mol. The molecule has 0 aliphatic carbocycles. The molecule has 1 aromatic carbocycles. The van der Waals surface area contributed by atoms with E-state index in [0.717, 1.165) is 5.56 Å². The van der Waals surface area contributed by atoms with E-state index < -0.39 is 0 Å². The standard InChI is InChI=1S/C16H21N3O3/c1-2-17-16(21)18-9-13-14(10-18)22-11-15(20)19(13)8-12-6-4-3-5-7-12/h3-7,13-14H,2,8-11H2,1H3,(H,17,21). The number of carbonyl (C=O) groups is 2. The molecule has 0 spiro atoms. The Hall–Kier alpha value is -2.08. The fourth-order valence-corrected chi connectivity index (χ4v) is 3.08. The second-order valence-electron chi connectivity index (χ2n) is 5.66. The quantitative estimate of drug-likeness (QED) is 0.899. The van der Waals surface area contributed by atoms with Crippen LogP contribution in [0.1, 0.15) is 12.5 Å². The molecule has 0 aromatic heterocycles. The summed E-state index contributed by atoms with van der Waals surface area (Å²) in [5.41, 5.74) is 1.09. The molecule has 1 N–H and O–H groups in total. The van der Waals surface area contributed by atoms with Gasteiger partial charge >= 0.3 is 6.03 Å². The molecule has 22 heavy (non-hydrogen) atoms. The Morgan fingerprint density at radius 1 is 1.32 bits per heavy atom. The molecule has 6 nitrogen and oxygen atoms in total. The molecule has 118 valence electrons. The first-order valence-electron chi connectivity index (χ1n) is 7.67.